The van der Waals surface area contributed by atoms with Crippen molar-refractivity contribution in [1.29, 1.82) is 0 Å². The van der Waals surface area contributed by atoms with Gasteiger partial charge in [0.2, 0.25) is 11.8 Å². The zero-order valence-corrected chi connectivity index (χ0v) is 15.5. The van der Waals surface area contributed by atoms with Crippen molar-refractivity contribution >= 4 is 11.8 Å². The minimum Gasteiger partial charge on any atom is -0.369 e. The number of amides is 2. The molecule has 140 valence electrons. The molecule has 0 aliphatic carbocycles. The van der Waals surface area contributed by atoms with Gasteiger partial charge in [-0.25, -0.2) is 8.78 Å². The van der Waals surface area contributed by atoms with Gasteiger partial charge in [-0.3, -0.25) is 9.59 Å². The minimum atomic E-state index is -0.714. The predicted molar refractivity (Wildman–Crippen MR) is 93.6 cm³/mol. The number of primary amides is 1. The van der Waals surface area contributed by atoms with Crippen LogP contribution in [0, 0.1) is 29.4 Å². The number of nitrogens with one attached hydrogen (secondary N) is 1. The molecule has 0 spiro atoms. The molecule has 25 heavy (non-hydrogen) atoms. The highest BCUT2D eigenvalue weighted by Gasteiger charge is 2.35. The van der Waals surface area contributed by atoms with Gasteiger partial charge in [-0.2, -0.15) is 0 Å². The van der Waals surface area contributed by atoms with Crippen LogP contribution in [0.4, 0.5) is 8.78 Å². The second-order valence-electron chi connectivity index (χ2n) is 7.83. The standard InChI is InChI=1S/C19H28F2N2O2/c1-11(2)16(18(25)23-19(3,4)5)15(17(22)24)7-6-12-8-13(20)10-14(21)9-12/h8-11,15-16H,6-7H2,1-5H3,(H2,22,24)(H,23,25)/t15-,16+/m0/s1. The van der Waals surface area contributed by atoms with Crippen LogP contribution < -0.4 is 11.1 Å². The average molecular weight is 354 g/mol. The Bertz CT molecular complexity index is 604. The number of aryl methyl sites for hydroxylation is 1. The zero-order valence-electron chi connectivity index (χ0n) is 15.5. The Morgan fingerprint density at radius 2 is 1.64 bits per heavy atom. The molecule has 2 amide bonds. The van der Waals surface area contributed by atoms with Crippen molar-refractivity contribution in [2.75, 3.05) is 0 Å². The number of carbonyl (C=O) groups is 2. The maximum absolute atomic E-state index is 13.3. The number of halogens is 2. The molecule has 0 saturated carbocycles. The van der Waals surface area contributed by atoms with Crippen molar-refractivity contribution < 1.29 is 18.4 Å². The maximum Gasteiger partial charge on any atom is 0.224 e. The molecule has 1 aromatic rings. The summed E-state index contributed by atoms with van der Waals surface area (Å²) in [6.07, 6.45) is 0.507. The fraction of sp³-hybridized carbons (Fsp3) is 0.579. The molecule has 0 aliphatic rings. The molecular formula is C19H28F2N2O2. The van der Waals surface area contributed by atoms with E-state index in [4.69, 9.17) is 5.73 Å². The molecule has 6 heteroatoms. The molecule has 3 N–H and O–H groups in total. The average Bonchev–Trinajstić information content (AvgIpc) is 2.39. The molecular weight excluding hydrogens is 326 g/mol. The summed E-state index contributed by atoms with van der Waals surface area (Å²) in [5, 5.41) is 2.89. The lowest BCUT2D eigenvalue weighted by molar-refractivity contribution is -0.136. The van der Waals surface area contributed by atoms with E-state index in [1.54, 1.807) is 0 Å². The number of carbonyl (C=O) groups excluding carboxylic acids is 2. The second-order valence-corrected chi connectivity index (χ2v) is 7.83. The van der Waals surface area contributed by atoms with Gasteiger partial charge < -0.3 is 11.1 Å². The van der Waals surface area contributed by atoms with E-state index in [1.165, 1.54) is 12.1 Å². The number of nitrogens with two attached hydrogens (primary N) is 1. The number of hydrogen-bond donors (Lipinski definition) is 2. The van der Waals surface area contributed by atoms with Crippen LogP contribution in [0.2, 0.25) is 0 Å². The third-order valence-electron chi connectivity index (χ3n) is 3.98. The highest BCUT2D eigenvalue weighted by atomic mass is 19.1. The van der Waals surface area contributed by atoms with Gasteiger partial charge in [0.1, 0.15) is 11.6 Å². The van der Waals surface area contributed by atoms with Gasteiger partial charge in [0.05, 0.1) is 5.92 Å². The van der Waals surface area contributed by atoms with Gasteiger partial charge in [-0.15, -0.1) is 0 Å². The van der Waals surface area contributed by atoms with E-state index >= 15 is 0 Å². The molecule has 1 rings (SSSR count). The van der Waals surface area contributed by atoms with Gasteiger partial charge in [-0.1, -0.05) is 13.8 Å². The molecule has 0 heterocycles. The Kier molecular flexibility index (Phi) is 7.08. The van der Waals surface area contributed by atoms with E-state index in [-0.39, 0.29) is 24.7 Å². The molecule has 0 unspecified atom stereocenters. The van der Waals surface area contributed by atoms with E-state index in [9.17, 15) is 18.4 Å². The number of rotatable bonds is 7. The van der Waals surface area contributed by atoms with Crippen molar-refractivity contribution in [3.8, 4) is 0 Å². The molecule has 0 fully saturated rings. The molecule has 1 aromatic carbocycles. The van der Waals surface area contributed by atoms with Gasteiger partial charge in [0.15, 0.2) is 0 Å². The Labute approximate surface area is 148 Å². The largest absolute Gasteiger partial charge is 0.369 e. The third kappa shape index (κ3) is 6.80. The zero-order chi connectivity index (χ0) is 19.4. The van der Waals surface area contributed by atoms with Gasteiger partial charge in [0.25, 0.3) is 0 Å². The molecule has 2 atom stereocenters. The topological polar surface area (TPSA) is 72.2 Å². The Hall–Kier alpha value is -1.98. The maximum atomic E-state index is 13.3. The van der Waals surface area contributed by atoms with Gasteiger partial charge in [-0.05, 0) is 57.2 Å². The fourth-order valence-corrected chi connectivity index (χ4v) is 2.98. The van der Waals surface area contributed by atoms with Gasteiger partial charge in [0, 0.05) is 17.5 Å². The van der Waals surface area contributed by atoms with E-state index in [0.717, 1.165) is 6.07 Å². The number of benzene rings is 1. The summed E-state index contributed by atoms with van der Waals surface area (Å²) in [5.74, 6) is -3.59. The first-order valence-electron chi connectivity index (χ1n) is 8.47. The lowest BCUT2D eigenvalue weighted by atomic mass is 9.78. The quantitative estimate of drug-likeness (QED) is 0.789. The lowest BCUT2D eigenvalue weighted by Gasteiger charge is -2.31. The summed E-state index contributed by atoms with van der Waals surface area (Å²) in [4.78, 5) is 24.6. The van der Waals surface area contributed by atoms with Crippen LogP contribution in [0.25, 0.3) is 0 Å². The molecule has 0 aliphatic heterocycles. The van der Waals surface area contributed by atoms with Crippen LogP contribution in [0.5, 0.6) is 0 Å². The first-order valence-corrected chi connectivity index (χ1v) is 8.47. The molecule has 0 aromatic heterocycles. The minimum absolute atomic E-state index is 0.107. The summed E-state index contributed by atoms with van der Waals surface area (Å²) >= 11 is 0. The SMILES string of the molecule is CC(C)[C@@H](C(=O)NC(C)(C)C)[C@H](CCc1cc(F)cc(F)c1)C(N)=O. The van der Waals surface area contributed by atoms with E-state index in [2.05, 4.69) is 5.32 Å². The molecule has 0 radical (unpaired) electrons. The first-order chi connectivity index (χ1) is 11.4. The van der Waals surface area contributed by atoms with Crippen molar-refractivity contribution in [3.63, 3.8) is 0 Å². The van der Waals surface area contributed by atoms with Crippen LogP contribution in [0.15, 0.2) is 18.2 Å². The molecule has 4 nitrogen and oxygen atoms in total. The van der Waals surface area contributed by atoms with Crippen molar-refractivity contribution in [2.45, 2.75) is 53.0 Å². The summed E-state index contributed by atoms with van der Waals surface area (Å²) in [7, 11) is 0. The lowest BCUT2D eigenvalue weighted by Crippen LogP contribution is -2.49. The Morgan fingerprint density at radius 3 is 2.04 bits per heavy atom. The van der Waals surface area contributed by atoms with E-state index in [0.29, 0.717) is 5.56 Å². The normalized spacial score (nSPS) is 14.2. The van der Waals surface area contributed by atoms with Crippen molar-refractivity contribution in [1.82, 2.24) is 5.32 Å². The predicted octanol–water partition coefficient (Wildman–Crippen LogP) is 3.19. The molecule has 0 bridgehead atoms. The Balaban J connectivity index is 2.98. The Morgan fingerprint density at radius 1 is 1.12 bits per heavy atom. The van der Waals surface area contributed by atoms with Crippen LogP contribution in [-0.2, 0) is 16.0 Å². The highest BCUT2D eigenvalue weighted by molar-refractivity contribution is 5.87. The summed E-state index contributed by atoms with van der Waals surface area (Å²) in [6.45, 7) is 9.28. The monoisotopic (exact) mass is 354 g/mol. The summed E-state index contributed by atoms with van der Waals surface area (Å²) < 4.78 is 26.6. The van der Waals surface area contributed by atoms with E-state index < -0.39 is 34.9 Å². The highest BCUT2D eigenvalue weighted by Crippen LogP contribution is 2.27. The first kappa shape index (κ1) is 21.1. The second kappa shape index (κ2) is 8.41. The van der Waals surface area contributed by atoms with Crippen LogP contribution in [0.3, 0.4) is 0 Å². The van der Waals surface area contributed by atoms with Crippen molar-refractivity contribution in [2.24, 2.45) is 23.5 Å². The summed E-state index contributed by atoms with van der Waals surface area (Å²) in [5.41, 5.74) is 5.53. The van der Waals surface area contributed by atoms with Crippen LogP contribution >= 0.6 is 0 Å². The van der Waals surface area contributed by atoms with Crippen molar-refractivity contribution in [3.05, 3.63) is 35.4 Å². The van der Waals surface area contributed by atoms with Crippen LogP contribution in [-0.4, -0.2) is 17.4 Å². The van der Waals surface area contributed by atoms with Gasteiger partial charge >= 0.3 is 0 Å². The van der Waals surface area contributed by atoms with E-state index in [1.807, 2.05) is 34.6 Å². The smallest absolute Gasteiger partial charge is 0.224 e. The summed E-state index contributed by atoms with van der Waals surface area (Å²) in [6, 6.07) is 3.24. The fourth-order valence-electron chi connectivity index (χ4n) is 2.98. The molecule has 0 saturated heterocycles. The van der Waals surface area contributed by atoms with Crippen LogP contribution in [0.1, 0.15) is 46.6 Å². The number of hydrogen-bond acceptors (Lipinski definition) is 2. The third-order valence-corrected chi connectivity index (χ3v) is 3.98.